The van der Waals surface area contributed by atoms with Crippen molar-refractivity contribution in [2.75, 3.05) is 40.4 Å². The first kappa shape index (κ1) is 31.5. The third-order valence-electron chi connectivity index (χ3n) is 7.82. The molecule has 9 nitrogen and oxygen atoms in total. The lowest BCUT2D eigenvalue weighted by atomic mass is 10.0. The van der Waals surface area contributed by atoms with Crippen LogP contribution in [0.2, 0.25) is 5.02 Å². The van der Waals surface area contributed by atoms with E-state index in [1.807, 2.05) is 54.6 Å². The molecule has 0 spiro atoms. The van der Waals surface area contributed by atoms with E-state index in [1.54, 1.807) is 14.2 Å². The molecule has 1 fully saturated rings. The molecular weight excluding hydrogens is 582 g/mol. The molecule has 0 radical (unpaired) electrons. The summed E-state index contributed by atoms with van der Waals surface area (Å²) < 4.78 is 22.6. The maximum Gasteiger partial charge on any atom is 0.256 e. The van der Waals surface area contributed by atoms with Crippen LogP contribution in [0.3, 0.4) is 0 Å². The van der Waals surface area contributed by atoms with E-state index in [0.717, 1.165) is 47.8 Å². The Morgan fingerprint density at radius 3 is 2.07 bits per heavy atom. The number of amides is 1. The lowest BCUT2D eigenvalue weighted by Gasteiger charge is -2.16. The van der Waals surface area contributed by atoms with Crippen LogP contribution in [-0.4, -0.2) is 56.2 Å². The predicted molar refractivity (Wildman–Crippen MR) is 171 cm³/mol. The van der Waals surface area contributed by atoms with Crippen molar-refractivity contribution < 1.29 is 23.7 Å². The van der Waals surface area contributed by atoms with Gasteiger partial charge in [-0.05, 0) is 73.0 Å². The number of hydrogen-bond acceptors (Lipinski definition) is 7. The average molecular weight is 620 g/mol. The van der Waals surface area contributed by atoms with Gasteiger partial charge in [-0.25, -0.2) is 0 Å². The summed E-state index contributed by atoms with van der Waals surface area (Å²) in [5.41, 5.74) is 3.49. The fourth-order valence-electron chi connectivity index (χ4n) is 5.31. The highest BCUT2D eigenvalue weighted by Gasteiger charge is 2.20. The second kappa shape index (κ2) is 15.2. The normalized spacial score (nSPS) is 13.3. The van der Waals surface area contributed by atoms with E-state index in [2.05, 4.69) is 15.2 Å². The van der Waals surface area contributed by atoms with Crippen LogP contribution in [-0.2, 0) is 35.9 Å². The van der Waals surface area contributed by atoms with E-state index in [4.69, 9.17) is 30.5 Å². The number of benzene rings is 3. The van der Waals surface area contributed by atoms with Gasteiger partial charge in [-0.3, -0.25) is 9.59 Å². The van der Waals surface area contributed by atoms with Crippen molar-refractivity contribution in [3.63, 3.8) is 0 Å². The predicted octanol–water partition coefficient (Wildman–Crippen LogP) is 5.46. The van der Waals surface area contributed by atoms with Gasteiger partial charge in [-0.2, -0.15) is 0 Å². The smallest absolute Gasteiger partial charge is 0.256 e. The second-order valence-electron chi connectivity index (χ2n) is 10.8. The number of carbonyl (C=O) groups is 1. The number of fused-ring (bicyclic) bond motifs is 1. The SMILES string of the molecule is COc1ccc(COCc2cc3[nH]cc(C(=O)NCCN4CCCC4)c(=O)c3c(Cl)c2COCc2ccc(OC)cc2)cc1. The summed E-state index contributed by atoms with van der Waals surface area (Å²) in [5.74, 6) is 1.11. The molecule has 2 N–H and O–H groups in total. The first-order valence-electron chi connectivity index (χ1n) is 14.7. The zero-order chi connectivity index (χ0) is 30.9. The molecule has 0 unspecified atom stereocenters. The second-order valence-corrected chi connectivity index (χ2v) is 11.1. The summed E-state index contributed by atoms with van der Waals surface area (Å²) in [6, 6.07) is 17.1. The molecule has 3 aromatic carbocycles. The number of aromatic nitrogens is 1. The molecule has 1 amide bonds. The van der Waals surface area contributed by atoms with Crippen LogP contribution in [0.4, 0.5) is 0 Å². The molecule has 232 valence electrons. The number of methoxy groups -OCH3 is 2. The summed E-state index contributed by atoms with van der Waals surface area (Å²) in [6.45, 7) is 4.40. The number of pyridine rings is 1. The minimum atomic E-state index is -0.426. The van der Waals surface area contributed by atoms with Gasteiger partial charge in [0.05, 0.1) is 56.6 Å². The quantitative estimate of drug-likeness (QED) is 0.193. The van der Waals surface area contributed by atoms with Crippen LogP contribution in [0, 0.1) is 0 Å². The number of H-pyrrole nitrogens is 1. The molecule has 4 aromatic rings. The van der Waals surface area contributed by atoms with E-state index >= 15 is 0 Å². The number of ether oxygens (including phenoxy) is 4. The lowest BCUT2D eigenvalue weighted by molar-refractivity contribution is 0.0935. The summed E-state index contributed by atoms with van der Waals surface area (Å²) in [5, 5.41) is 3.38. The van der Waals surface area contributed by atoms with Gasteiger partial charge in [0.1, 0.15) is 17.1 Å². The highest BCUT2D eigenvalue weighted by Crippen LogP contribution is 2.30. The molecule has 1 aromatic heterocycles. The highest BCUT2D eigenvalue weighted by molar-refractivity contribution is 6.36. The van der Waals surface area contributed by atoms with Gasteiger partial charge in [-0.15, -0.1) is 0 Å². The number of nitrogens with one attached hydrogen (secondary N) is 2. The van der Waals surface area contributed by atoms with Crippen LogP contribution in [0.25, 0.3) is 10.9 Å². The Bertz CT molecular complexity index is 1620. The topological polar surface area (TPSA) is 102 Å². The van der Waals surface area contributed by atoms with Crippen molar-refractivity contribution in [1.29, 1.82) is 0 Å². The average Bonchev–Trinajstić information content (AvgIpc) is 3.56. The molecule has 0 saturated carbocycles. The molecule has 1 aliphatic heterocycles. The molecule has 5 rings (SSSR count). The van der Waals surface area contributed by atoms with Crippen molar-refractivity contribution in [1.82, 2.24) is 15.2 Å². The van der Waals surface area contributed by atoms with Gasteiger partial charge >= 0.3 is 0 Å². The number of rotatable bonds is 14. The molecule has 0 atom stereocenters. The monoisotopic (exact) mass is 619 g/mol. The molecule has 0 bridgehead atoms. The number of hydrogen-bond donors (Lipinski definition) is 2. The molecular formula is C34H38ClN3O6. The number of aromatic amines is 1. The number of likely N-dealkylation sites (tertiary alicyclic amines) is 1. The first-order valence-corrected chi connectivity index (χ1v) is 15.1. The Hall–Kier alpha value is -3.89. The fourth-order valence-corrected chi connectivity index (χ4v) is 5.67. The van der Waals surface area contributed by atoms with E-state index in [-0.39, 0.29) is 29.2 Å². The van der Waals surface area contributed by atoms with Crippen molar-refractivity contribution in [3.8, 4) is 11.5 Å². The van der Waals surface area contributed by atoms with Gasteiger partial charge in [0, 0.05) is 24.8 Å². The summed E-state index contributed by atoms with van der Waals surface area (Å²) >= 11 is 6.95. The third-order valence-corrected chi connectivity index (χ3v) is 8.24. The number of nitrogens with zero attached hydrogens (tertiary/aromatic N) is 1. The van der Waals surface area contributed by atoms with Crippen molar-refractivity contribution >= 4 is 28.4 Å². The summed E-state index contributed by atoms with van der Waals surface area (Å²) in [7, 11) is 3.25. The zero-order valence-electron chi connectivity index (χ0n) is 25.1. The molecule has 2 heterocycles. The zero-order valence-corrected chi connectivity index (χ0v) is 25.9. The maximum absolute atomic E-state index is 13.6. The summed E-state index contributed by atoms with van der Waals surface area (Å²) in [6.07, 6.45) is 3.81. The molecule has 1 saturated heterocycles. The number of carbonyl (C=O) groups excluding carboxylic acids is 1. The number of halogens is 1. The Balaban J connectivity index is 1.36. The Labute approximate surface area is 262 Å². The maximum atomic E-state index is 13.6. The highest BCUT2D eigenvalue weighted by atomic mass is 35.5. The van der Waals surface area contributed by atoms with Gasteiger partial charge in [-0.1, -0.05) is 35.9 Å². The van der Waals surface area contributed by atoms with Crippen molar-refractivity contribution in [2.45, 2.75) is 39.3 Å². The van der Waals surface area contributed by atoms with Crippen molar-refractivity contribution in [2.24, 2.45) is 0 Å². The van der Waals surface area contributed by atoms with E-state index < -0.39 is 11.3 Å². The third kappa shape index (κ3) is 7.78. The largest absolute Gasteiger partial charge is 0.497 e. The van der Waals surface area contributed by atoms with E-state index in [1.165, 1.54) is 19.0 Å². The van der Waals surface area contributed by atoms with E-state index in [9.17, 15) is 9.59 Å². The molecule has 44 heavy (non-hydrogen) atoms. The van der Waals surface area contributed by atoms with Crippen LogP contribution >= 0.6 is 11.6 Å². The molecule has 1 aliphatic rings. The Kier molecular flexibility index (Phi) is 10.9. The van der Waals surface area contributed by atoms with Crippen LogP contribution < -0.4 is 20.2 Å². The van der Waals surface area contributed by atoms with Crippen molar-refractivity contribution in [3.05, 3.63) is 104 Å². The minimum Gasteiger partial charge on any atom is -0.497 e. The minimum absolute atomic E-state index is 0.0226. The van der Waals surface area contributed by atoms with Crippen LogP contribution in [0.15, 0.2) is 65.6 Å². The van der Waals surface area contributed by atoms with Gasteiger partial charge in [0.15, 0.2) is 0 Å². The van der Waals surface area contributed by atoms with Crippen LogP contribution in [0.5, 0.6) is 11.5 Å². The molecule has 10 heteroatoms. The first-order chi connectivity index (χ1) is 21.5. The Morgan fingerprint density at radius 1 is 0.886 bits per heavy atom. The van der Waals surface area contributed by atoms with E-state index in [0.29, 0.717) is 30.8 Å². The fraction of sp³-hybridized carbons (Fsp3) is 0.353. The van der Waals surface area contributed by atoms with Gasteiger partial charge < -0.3 is 34.1 Å². The van der Waals surface area contributed by atoms with Gasteiger partial charge in [0.25, 0.3) is 5.91 Å². The Morgan fingerprint density at radius 2 is 1.48 bits per heavy atom. The summed E-state index contributed by atoms with van der Waals surface area (Å²) in [4.78, 5) is 32.0. The standard InChI is InChI=1S/C34H38ClN3O6/c1-41-26-9-5-23(6-10-26)19-43-21-25-17-30-31(32(35)29(25)22-44-20-24-7-11-27(42-2)12-8-24)33(39)28(18-37-30)34(40)36-13-16-38-14-3-4-15-38/h5-12,17-18H,3-4,13-16,19-22H2,1-2H3,(H,36,40)(H,37,39). The molecule has 0 aliphatic carbocycles. The van der Waals surface area contributed by atoms with Gasteiger partial charge in [0.2, 0.25) is 5.43 Å². The lowest BCUT2D eigenvalue weighted by Crippen LogP contribution is -2.35. The van der Waals surface area contributed by atoms with Crippen LogP contribution in [0.1, 0.15) is 45.5 Å².